The number of rotatable bonds is 4. The lowest BCUT2D eigenvalue weighted by Crippen LogP contribution is -2.05. The number of nitrogens with two attached hydrogens (primary N) is 1. The first kappa shape index (κ1) is 9.09. The van der Waals surface area contributed by atoms with Crippen LogP contribution in [0.25, 0.3) is 0 Å². The van der Waals surface area contributed by atoms with E-state index in [-0.39, 0.29) is 0 Å². The monoisotopic (exact) mass is 167 g/mol. The van der Waals surface area contributed by atoms with E-state index in [4.69, 9.17) is 5.73 Å². The van der Waals surface area contributed by atoms with Gasteiger partial charge in [0.05, 0.1) is 11.8 Å². The maximum absolute atomic E-state index is 9.49. The number of nitrogens with zero attached hydrogens (tertiary/aromatic N) is 2. The molecular formula is C8H13N3O. The van der Waals surface area contributed by atoms with Gasteiger partial charge in [0, 0.05) is 6.20 Å². The molecule has 0 radical (unpaired) electrons. The van der Waals surface area contributed by atoms with Gasteiger partial charge in [-0.05, 0) is 31.5 Å². The summed E-state index contributed by atoms with van der Waals surface area (Å²) in [5.74, 6) is 0. The van der Waals surface area contributed by atoms with Crippen molar-refractivity contribution < 1.29 is 5.11 Å². The Morgan fingerprint density at radius 1 is 1.58 bits per heavy atom. The van der Waals surface area contributed by atoms with E-state index in [0.717, 1.165) is 6.42 Å². The fourth-order valence-corrected chi connectivity index (χ4v) is 0.950. The van der Waals surface area contributed by atoms with Gasteiger partial charge >= 0.3 is 0 Å². The van der Waals surface area contributed by atoms with Crippen molar-refractivity contribution in [2.24, 2.45) is 5.73 Å². The molecule has 0 saturated carbocycles. The standard InChI is InChI=1S/C8H13N3O/c9-5-1-4-8(12)7-3-2-6-10-11-7/h2-3,6,8,12H,1,4-5,9H2. The minimum atomic E-state index is -0.526. The molecule has 0 amide bonds. The third kappa shape index (κ3) is 2.56. The van der Waals surface area contributed by atoms with E-state index in [0.29, 0.717) is 18.7 Å². The zero-order valence-electron chi connectivity index (χ0n) is 6.85. The SMILES string of the molecule is NCCCC(O)c1cccnn1. The number of aromatic nitrogens is 2. The number of aliphatic hydroxyl groups is 1. The molecule has 1 unspecified atom stereocenters. The summed E-state index contributed by atoms with van der Waals surface area (Å²) in [5.41, 5.74) is 5.92. The molecule has 4 nitrogen and oxygen atoms in total. The van der Waals surface area contributed by atoms with Gasteiger partial charge in [0.1, 0.15) is 0 Å². The lowest BCUT2D eigenvalue weighted by Gasteiger charge is -2.06. The van der Waals surface area contributed by atoms with E-state index in [2.05, 4.69) is 10.2 Å². The molecule has 4 heteroatoms. The van der Waals surface area contributed by atoms with Gasteiger partial charge in [0.25, 0.3) is 0 Å². The van der Waals surface area contributed by atoms with Gasteiger partial charge in [-0.15, -0.1) is 0 Å². The van der Waals surface area contributed by atoms with Crippen LogP contribution < -0.4 is 5.73 Å². The summed E-state index contributed by atoms with van der Waals surface area (Å²) in [6, 6.07) is 3.52. The number of hydrogen-bond acceptors (Lipinski definition) is 4. The quantitative estimate of drug-likeness (QED) is 0.674. The first-order valence-corrected chi connectivity index (χ1v) is 4.00. The first-order chi connectivity index (χ1) is 5.84. The summed E-state index contributed by atoms with van der Waals surface area (Å²) in [6.45, 7) is 0.595. The van der Waals surface area contributed by atoms with Crippen LogP contribution in [0.2, 0.25) is 0 Å². The lowest BCUT2D eigenvalue weighted by molar-refractivity contribution is 0.159. The second-order valence-corrected chi connectivity index (χ2v) is 2.60. The van der Waals surface area contributed by atoms with Crippen LogP contribution in [0.3, 0.4) is 0 Å². The molecule has 0 aliphatic heterocycles. The predicted octanol–water partition coefficient (Wildman–Crippen LogP) is 0.249. The molecule has 0 fully saturated rings. The zero-order valence-corrected chi connectivity index (χ0v) is 6.85. The average molecular weight is 167 g/mol. The molecule has 0 saturated heterocycles. The van der Waals surface area contributed by atoms with Crippen LogP contribution >= 0.6 is 0 Å². The highest BCUT2D eigenvalue weighted by Gasteiger charge is 2.07. The minimum absolute atomic E-state index is 0.526. The Bertz CT molecular complexity index is 215. The van der Waals surface area contributed by atoms with Crippen LogP contribution in [0.5, 0.6) is 0 Å². The van der Waals surface area contributed by atoms with Crippen molar-refractivity contribution in [3.05, 3.63) is 24.0 Å². The van der Waals surface area contributed by atoms with Gasteiger partial charge < -0.3 is 10.8 Å². The Labute approximate surface area is 71.4 Å². The van der Waals surface area contributed by atoms with Gasteiger partial charge in [0.2, 0.25) is 0 Å². The van der Waals surface area contributed by atoms with Crippen molar-refractivity contribution in [3.8, 4) is 0 Å². The van der Waals surface area contributed by atoms with E-state index in [9.17, 15) is 5.11 Å². The van der Waals surface area contributed by atoms with Crippen molar-refractivity contribution in [1.29, 1.82) is 0 Å². The van der Waals surface area contributed by atoms with E-state index in [1.54, 1.807) is 18.3 Å². The Balaban J connectivity index is 2.48. The molecule has 1 heterocycles. The molecule has 0 bridgehead atoms. The van der Waals surface area contributed by atoms with E-state index >= 15 is 0 Å². The van der Waals surface area contributed by atoms with Gasteiger partial charge in [-0.2, -0.15) is 10.2 Å². The number of hydrogen-bond donors (Lipinski definition) is 2. The molecule has 12 heavy (non-hydrogen) atoms. The number of aliphatic hydroxyl groups excluding tert-OH is 1. The van der Waals surface area contributed by atoms with Gasteiger partial charge in [-0.3, -0.25) is 0 Å². The third-order valence-electron chi connectivity index (χ3n) is 1.62. The molecule has 1 aromatic heterocycles. The van der Waals surface area contributed by atoms with Gasteiger partial charge in [-0.1, -0.05) is 0 Å². The van der Waals surface area contributed by atoms with Crippen LogP contribution in [0.15, 0.2) is 18.3 Å². The van der Waals surface area contributed by atoms with Crippen LogP contribution in [0, 0.1) is 0 Å². The van der Waals surface area contributed by atoms with E-state index in [1.807, 2.05) is 0 Å². The summed E-state index contributed by atoms with van der Waals surface area (Å²) in [6.07, 6.45) is 2.51. The largest absolute Gasteiger partial charge is 0.387 e. The normalized spacial score (nSPS) is 12.8. The Morgan fingerprint density at radius 2 is 2.42 bits per heavy atom. The zero-order chi connectivity index (χ0) is 8.81. The van der Waals surface area contributed by atoms with Crippen LogP contribution in [0.1, 0.15) is 24.6 Å². The van der Waals surface area contributed by atoms with E-state index < -0.39 is 6.10 Å². The van der Waals surface area contributed by atoms with Crippen molar-refractivity contribution >= 4 is 0 Å². The highest BCUT2D eigenvalue weighted by atomic mass is 16.3. The smallest absolute Gasteiger partial charge is 0.0979 e. The second kappa shape index (κ2) is 4.79. The summed E-state index contributed by atoms with van der Waals surface area (Å²) in [7, 11) is 0. The summed E-state index contributed by atoms with van der Waals surface area (Å²) >= 11 is 0. The lowest BCUT2D eigenvalue weighted by atomic mass is 10.1. The fourth-order valence-electron chi connectivity index (χ4n) is 0.950. The molecule has 1 atom stereocenters. The van der Waals surface area contributed by atoms with Crippen molar-refractivity contribution in [2.45, 2.75) is 18.9 Å². The van der Waals surface area contributed by atoms with Crippen LogP contribution in [-0.4, -0.2) is 21.8 Å². The molecule has 1 aromatic rings. The maximum atomic E-state index is 9.49. The minimum Gasteiger partial charge on any atom is -0.387 e. The Kier molecular flexibility index (Phi) is 3.63. The fraction of sp³-hybridized carbons (Fsp3) is 0.500. The molecule has 0 spiro atoms. The summed E-state index contributed by atoms with van der Waals surface area (Å²) < 4.78 is 0. The first-order valence-electron chi connectivity index (χ1n) is 4.00. The highest BCUT2D eigenvalue weighted by Crippen LogP contribution is 2.13. The van der Waals surface area contributed by atoms with Crippen LogP contribution in [0.4, 0.5) is 0 Å². The van der Waals surface area contributed by atoms with Gasteiger partial charge in [0.15, 0.2) is 0 Å². The molecule has 66 valence electrons. The second-order valence-electron chi connectivity index (χ2n) is 2.60. The maximum Gasteiger partial charge on any atom is 0.0979 e. The molecule has 0 aliphatic rings. The topological polar surface area (TPSA) is 72.0 Å². The van der Waals surface area contributed by atoms with Crippen molar-refractivity contribution in [1.82, 2.24) is 10.2 Å². The molecule has 0 aromatic carbocycles. The van der Waals surface area contributed by atoms with Crippen LogP contribution in [-0.2, 0) is 0 Å². The Morgan fingerprint density at radius 3 is 3.00 bits per heavy atom. The molecular weight excluding hydrogens is 154 g/mol. The molecule has 3 N–H and O–H groups in total. The van der Waals surface area contributed by atoms with Crippen molar-refractivity contribution in [2.75, 3.05) is 6.54 Å². The summed E-state index contributed by atoms with van der Waals surface area (Å²) in [5, 5.41) is 17.0. The molecule has 0 aliphatic carbocycles. The Hall–Kier alpha value is -1.00. The van der Waals surface area contributed by atoms with E-state index in [1.165, 1.54) is 0 Å². The van der Waals surface area contributed by atoms with Crippen molar-refractivity contribution in [3.63, 3.8) is 0 Å². The highest BCUT2D eigenvalue weighted by molar-refractivity contribution is 5.02. The summed E-state index contributed by atoms with van der Waals surface area (Å²) in [4.78, 5) is 0. The molecule has 1 rings (SSSR count). The average Bonchev–Trinajstić information content (AvgIpc) is 2.15. The van der Waals surface area contributed by atoms with Gasteiger partial charge in [-0.25, -0.2) is 0 Å². The third-order valence-corrected chi connectivity index (χ3v) is 1.62. The predicted molar refractivity (Wildman–Crippen MR) is 45.3 cm³/mol.